The van der Waals surface area contributed by atoms with Crippen LogP contribution in [0.25, 0.3) is 0 Å². The third-order valence-electron chi connectivity index (χ3n) is 6.74. The number of likely N-dealkylation sites (tertiary alicyclic amines) is 1. The normalized spacial score (nSPS) is 26.5. The quantitative estimate of drug-likeness (QED) is 0.616. The Bertz CT molecular complexity index is 749. The molecule has 1 aliphatic heterocycles. The van der Waals surface area contributed by atoms with Gasteiger partial charge < -0.3 is 9.64 Å². The largest absolute Gasteiger partial charge is 0.484 e. The Kier molecular flexibility index (Phi) is 5.37. The molecule has 162 valence electrons. The van der Waals surface area contributed by atoms with Gasteiger partial charge in [-0.15, -0.1) is 0 Å². The molecule has 2 bridgehead atoms. The van der Waals surface area contributed by atoms with Gasteiger partial charge in [-0.05, 0) is 64.2 Å². The van der Waals surface area contributed by atoms with Crippen LogP contribution in [0.3, 0.4) is 0 Å². The Hall–Kier alpha value is -1.51. The minimum atomic E-state index is 0.0373. The third kappa shape index (κ3) is 4.98. The van der Waals surface area contributed by atoms with Crippen LogP contribution < -0.4 is 4.74 Å². The van der Waals surface area contributed by atoms with Crippen LogP contribution in [-0.2, 0) is 15.6 Å². The molecule has 1 aliphatic carbocycles. The zero-order chi connectivity index (χ0) is 21.8. The molecule has 2 atom stereocenters. The van der Waals surface area contributed by atoms with Gasteiger partial charge in [-0.3, -0.25) is 4.79 Å². The first-order valence-electron chi connectivity index (χ1n) is 11.2. The SMILES string of the molecule is CC1(C)C[C@@H]2C[C@](C)(CN2C(=O)COc2cc(C(C)(C)C)cc(C(C)(C)C)c2)C1. The molecule has 0 aromatic heterocycles. The number of nitrogens with zero attached hydrogens (tertiary/aromatic N) is 1. The highest BCUT2D eigenvalue weighted by Crippen LogP contribution is 2.52. The summed E-state index contributed by atoms with van der Waals surface area (Å²) in [6.07, 6.45) is 3.43. The number of carbonyl (C=O) groups is 1. The van der Waals surface area contributed by atoms with E-state index in [2.05, 4.69) is 85.4 Å². The van der Waals surface area contributed by atoms with E-state index in [0.717, 1.165) is 25.1 Å². The molecule has 1 aromatic carbocycles. The molecule has 0 spiro atoms. The smallest absolute Gasteiger partial charge is 0.260 e. The second-order valence-corrected chi connectivity index (χ2v) is 12.8. The molecular formula is C26H41NO2. The number of hydrogen-bond donors (Lipinski definition) is 0. The molecule has 2 aliphatic rings. The molecule has 1 heterocycles. The minimum absolute atomic E-state index is 0.0373. The van der Waals surface area contributed by atoms with Gasteiger partial charge in [0.2, 0.25) is 0 Å². The summed E-state index contributed by atoms with van der Waals surface area (Å²) in [5.74, 6) is 0.944. The first kappa shape index (κ1) is 22.2. The van der Waals surface area contributed by atoms with Gasteiger partial charge in [-0.25, -0.2) is 0 Å². The summed E-state index contributed by atoms with van der Waals surface area (Å²) in [4.78, 5) is 15.2. The Morgan fingerprint density at radius 3 is 2.07 bits per heavy atom. The van der Waals surface area contributed by atoms with Crippen molar-refractivity contribution >= 4 is 5.91 Å². The first-order valence-corrected chi connectivity index (χ1v) is 11.2. The van der Waals surface area contributed by atoms with E-state index in [1.165, 1.54) is 17.5 Å². The average Bonchev–Trinajstić information content (AvgIpc) is 2.79. The minimum Gasteiger partial charge on any atom is -0.484 e. The number of ether oxygens (including phenoxy) is 1. The number of carbonyl (C=O) groups excluding carboxylic acids is 1. The fourth-order valence-corrected chi connectivity index (χ4v) is 5.53. The zero-order valence-electron chi connectivity index (χ0n) is 20.1. The predicted octanol–water partition coefficient (Wildman–Crippen LogP) is 6.09. The van der Waals surface area contributed by atoms with Crippen LogP contribution >= 0.6 is 0 Å². The summed E-state index contributed by atoms with van der Waals surface area (Å²) >= 11 is 0. The maximum absolute atomic E-state index is 13.1. The van der Waals surface area contributed by atoms with Crippen LogP contribution in [0.1, 0.15) is 92.7 Å². The van der Waals surface area contributed by atoms with Gasteiger partial charge in [0.15, 0.2) is 6.61 Å². The van der Waals surface area contributed by atoms with E-state index in [1.54, 1.807) is 0 Å². The lowest BCUT2D eigenvalue weighted by Gasteiger charge is -2.39. The van der Waals surface area contributed by atoms with E-state index < -0.39 is 0 Å². The number of fused-ring (bicyclic) bond motifs is 2. The number of rotatable bonds is 3. The number of amides is 1. The average molecular weight is 400 g/mol. The van der Waals surface area contributed by atoms with Gasteiger partial charge in [0.05, 0.1) is 0 Å². The van der Waals surface area contributed by atoms with Crippen LogP contribution in [0.2, 0.25) is 0 Å². The Labute approximate surface area is 178 Å². The highest BCUT2D eigenvalue weighted by atomic mass is 16.5. The van der Waals surface area contributed by atoms with Crippen molar-refractivity contribution in [3.63, 3.8) is 0 Å². The van der Waals surface area contributed by atoms with Gasteiger partial charge in [0, 0.05) is 12.6 Å². The van der Waals surface area contributed by atoms with Gasteiger partial charge in [0.25, 0.3) is 5.91 Å². The fourth-order valence-electron chi connectivity index (χ4n) is 5.53. The molecule has 1 aromatic rings. The lowest BCUT2D eigenvalue weighted by atomic mass is 9.65. The van der Waals surface area contributed by atoms with E-state index in [9.17, 15) is 4.79 Å². The van der Waals surface area contributed by atoms with Crippen molar-refractivity contribution in [1.29, 1.82) is 0 Å². The Balaban J connectivity index is 1.75. The zero-order valence-corrected chi connectivity index (χ0v) is 20.1. The topological polar surface area (TPSA) is 29.5 Å². The molecule has 1 saturated carbocycles. The highest BCUT2D eigenvalue weighted by Gasteiger charge is 2.50. The lowest BCUT2D eigenvalue weighted by molar-refractivity contribution is -0.134. The summed E-state index contributed by atoms with van der Waals surface area (Å²) in [6, 6.07) is 6.86. The van der Waals surface area contributed by atoms with E-state index in [4.69, 9.17) is 4.74 Å². The second-order valence-electron chi connectivity index (χ2n) is 12.8. The molecule has 0 unspecified atom stereocenters. The van der Waals surface area contributed by atoms with Crippen molar-refractivity contribution in [2.75, 3.05) is 13.2 Å². The molecule has 0 radical (unpaired) electrons. The van der Waals surface area contributed by atoms with E-state index in [1.807, 2.05) is 0 Å². The fraction of sp³-hybridized carbons (Fsp3) is 0.731. The highest BCUT2D eigenvalue weighted by molar-refractivity contribution is 5.78. The van der Waals surface area contributed by atoms with Crippen LogP contribution in [0, 0.1) is 10.8 Å². The van der Waals surface area contributed by atoms with Crippen molar-refractivity contribution in [1.82, 2.24) is 4.90 Å². The summed E-state index contributed by atoms with van der Waals surface area (Å²) in [7, 11) is 0. The maximum Gasteiger partial charge on any atom is 0.260 e. The number of hydrogen-bond acceptors (Lipinski definition) is 2. The van der Waals surface area contributed by atoms with E-state index in [0.29, 0.717) is 11.5 Å². The molecule has 29 heavy (non-hydrogen) atoms. The summed E-state index contributed by atoms with van der Waals surface area (Å²) in [5, 5.41) is 0. The molecule has 0 N–H and O–H groups in total. The summed E-state index contributed by atoms with van der Waals surface area (Å²) in [6.45, 7) is 21.3. The monoisotopic (exact) mass is 399 g/mol. The van der Waals surface area contributed by atoms with E-state index in [-0.39, 0.29) is 28.8 Å². The third-order valence-corrected chi connectivity index (χ3v) is 6.74. The molecular weight excluding hydrogens is 358 g/mol. The summed E-state index contributed by atoms with van der Waals surface area (Å²) < 4.78 is 6.09. The van der Waals surface area contributed by atoms with Crippen molar-refractivity contribution in [3.05, 3.63) is 29.3 Å². The molecule has 1 saturated heterocycles. The predicted molar refractivity (Wildman–Crippen MR) is 121 cm³/mol. The van der Waals surface area contributed by atoms with Gasteiger partial charge in [-0.2, -0.15) is 0 Å². The molecule has 3 nitrogen and oxygen atoms in total. The van der Waals surface area contributed by atoms with Crippen molar-refractivity contribution in [2.24, 2.45) is 10.8 Å². The van der Waals surface area contributed by atoms with E-state index >= 15 is 0 Å². The molecule has 1 amide bonds. The van der Waals surface area contributed by atoms with Crippen molar-refractivity contribution < 1.29 is 9.53 Å². The van der Waals surface area contributed by atoms with Gasteiger partial charge in [-0.1, -0.05) is 68.4 Å². The van der Waals surface area contributed by atoms with Gasteiger partial charge >= 0.3 is 0 Å². The number of benzene rings is 1. The first-order chi connectivity index (χ1) is 13.1. The second kappa shape index (κ2) is 7.03. The van der Waals surface area contributed by atoms with Crippen LogP contribution in [0.4, 0.5) is 0 Å². The Morgan fingerprint density at radius 1 is 1.00 bits per heavy atom. The summed E-state index contributed by atoms with van der Waals surface area (Å²) in [5.41, 5.74) is 3.15. The van der Waals surface area contributed by atoms with Crippen LogP contribution in [-0.4, -0.2) is 30.0 Å². The van der Waals surface area contributed by atoms with Crippen LogP contribution in [0.15, 0.2) is 18.2 Å². The Morgan fingerprint density at radius 2 is 1.55 bits per heavy atom. The van der Waals surface area contributed by atoms with Crippen LogP contribution in [0.5, 0.6) is 5.75 Å². The standard InChI is InChI=1S/C26H41NO2/c1-23(2,3)18-10-19(24(4,5)6)12-21(11-18)29-15-22(28)27-17-26(9)14-20(27)13-25(7,8)16-26/h10-12,20H,13-17H2,1-9H3/t20-,26+/m1/s1. The van der Waals surface area contributed by atoms with Crippen molar-refractivity contribution in [3.8, 4) is 5.75 Å². The molecule has 3 rings (SSSR count). The lowest BCUT2D eigenvalue weighted by Crippen LogP contribution is -2.40. The maximum atomic E-state index is 13.1. The van der Waals surface area contributed by atoms with Gasteiger partial charge in [0.1, 0.15) is 5.75 Å². The molecule has 3 heteroatoms. The van der Waals surface area contributed by atoms with Crippen molar-refractivity contribution in [2.45, 2.75) is 98.4 Å². The molecule has 2 fully saturated rings.